The van der Waals surface area contributed by atoms with Crippen molar-refractivity contribution >= 4 is 0 Å². The molecule has 3 aromatic rings. The fraction of sp³-hybridized carbons (Fsp3) is 0.419. The van der Waals surface area contributed by atoms with Crippen molar-refractivity contribution in [2.45, 2.75) is 65.0 Å². The molecule has 0 saturated carbocycles. The van der Waals surface area contributed by atoms with Gasteiger partial charge in [0.05, 0.1) is 6.61 Å². The number of ether oxygens (including phenoxy) is 1. The number of nitrogens with zero attached hydrogens (tertiary/aromatic N) is 1. The first kappa shape index (κ1) is 26.8. The van der Waals surface area contributed by atoms with Crippen molar-refractivity contribution in [1.29, 1.82) is 0 Å². The van der Waals surface area contributed by atoms with Gasteiger partial charge in [0.25, 0.3) is 0 Å². The second-order valence-electron chi connectivity index (χ2n) is 9.85. The Balaban J connectivity index is 1.74. The lowest BCUT2D eigenvalue weighted by Gasteiger charge is -2.32. The van der Waals surface area contributed by atoms with Crippen LogP contribution in [0.2, 0.25) is 0 Å². The predicted octanol–water partition coefficient (Wildman–Crippen LogP) is 6.16. The van der Waals surface area contributed by atoms with Gasteiger partial charge in [-0.1, -0.05) is 54.6 Å². The van der Waals surface area contributed by atoms with Crippen LogP contribution in [-0.4, -0.2) is 41.8 Å². The van der Waals surface area contributed by atoms with Gasteiger partial charge in [-0.05, 0) is 88.5 Å². The molecular weight excluding hydrogens is 432 g/mol. The van der Waals surface area contributed by atoms with Gasteiger partial charge in [0.1, 0.15) is 11.5 Å². The summed E-state index contributed by atoms with van der Waals surface area (Å²) in [6.07, 6.45) is 2.61. The first-order chi connectivity index (χ1) is 16.9. The Morgan fingerprint density at radius 3 is 2.11 bits per heavy atom. The van der Waals surface area contributed by atoms with E-state index in [2.05, 4.69) is 75.1 Å². The lowest BCUT2D eigenvalue weighted by Crippen LogP contribution is -2.38. The molecule has 0 aliphatic carbocycles. The van der Waals surface area contributed by atoms with Crippen LogP contribution < -0.4 is 10.5 Å². The maximum atomic E-state index is 10.9. The Hall–Kier alpha value is -2.82. The van der Waals surface area contributed by atoms with Crippen LogP contribution in [-0.2, 0) is 12.8 Å². The second kappa shape index (κ2) is 13.3. The number of benzene rings is 3. The molecule has 1 atom stereocenters. The molecule has 0 aliphatic heterocycles. The number of phenolic OH excluding ortho intramolecular Hbond substituents is 1. The third-order valence-corrected chi connectivity index (χ3v) is 6.69. The summed E-state index contributed by atoms with van der Waals surface area (Å²) in [6.45, 7) is 11.2. The highest BCUT2D eigenvalue weighted by Crippen LogP contribution is 2.35. The van der Waals surface area contributed by atoms with Crippen molar-refractivity contribution < 1.29 is 9.84 Å². The van der Waals surface area contributed by atoms with E-state index in [4.69, 9.17) is 10.5 Å². The fourth-order valence-electron chi connectivity index (χ4n) is 4.82. The maximum Gasteiger partial charge on any atom is 0.119 e. The van der Waals surface area contributed by atoms with Crippen LogP contribution in [0.15, 0.2) is 72.8 Å². The molecule has 188 valence electrons. The summed E-state index contributed by atoms with van der Waals surface area (Å²) in [5.41, 5.74) is 10.3. The highest BCUT2D eigenvalue weighted by atomic mass is 16.5. The topological polar surface area (TPSA) is 58.7 Å². The van der Waals surface area contributed by atoms with Gasteiger partial charge in [0.15, 0.2) is 0 Å². The Labute approximate surface area is 211 Å². The summed E-state index contributed by atoms with van der Waals surface area (Å²) in [7, 11) is 0. The molecule has 0 aromatic heterocycles. The van der Waals surface area contributed by atoms with Gasteiger partial charge in [-0.3, -0.25) is 4.90 Å². The van der Waals surface area contributed by atoms with Gasteiger partial charge in [-0.2, -0.15) is 0 Å². The van der Waals surface area contributed by atoms with E-state index in [9.17, 15) is 5.11 Å². The molecule has 3 rings (SSSR count). The predicted molar refractivity (Wildman–Crippen MR) is 146 cm³/mol. The molecule has 0 heterocycles. The smallest absolute Gasteiger partial charge is 0.119 e. The van der Waals surface area contributed by atoms with E-state index >= 15 is 0 Å². The third-order valence-electron chi connectivity index (χ3n) is 6.69. The molecule has 1 unspecified atom stereocenters. The molecule has 3 N–H and O–H groups in total. The number of phenols is 1. The Morgan fingerprint density at radius 2 is 1.49 bits per heavy atom. The van der Waals surface area contributed by atoms with Gasteiger partial charge in [0.2, 0.25) is 0 Å². The zero-order valence-corrected chi connectivity index (χ0v) is 21.8. The average Bonchev–Trinajstić information content (AvgIpc) is 2.84. The summed E-state index contributed by atoms with van der Waals surface area (Å²) in [5, 5.41) is 10.9. The van der Waals surface area contributed by atoms with Crippen molar-refractivity contribution in [3.8, 4) is 11.5 Å². The Kier molecular flexibility index (Phi) is 10.2. The van der Waals surface area contributed by atoms with Crippen LogP contribution in [0.5, 0.6) is 11.5 Å². The fourth-order valence-corrected chi connectivity index (χ4v) is 4.82. The number of rotatable bonds is 13. The summed E-state index contributed by atoms with van der Waals surface area (Å²) in [6, 6.07) is 25.7. The third kappa shape index (κ3) is 7.84. The first-order valence-corrected chi connectivity index (χ1v) is 12.9. The maximum absolute atomic E-state index is 10.9. The molecule has 4 heteroatoms. The molecule has 0 saturated heterocycles. The van der Waals surface area contributed by atoms with E-state index in [0.717, 1.165) is 37.1 Å². The van der Waals surface area contributed by atoms with Crippen LogP contribution in [0.3, 0.4) is 0 Å². The summed E-state index contributed by atoms with van der Waals surface area (Å²) < 4.78 is 5.99. The molecule has 0 radical (unpaired) electrons. The largest absolute Gasteiger partial charge is 0.508 e. The van der Waals surface area contributed by atoms with E-state index in [-0.39, 0.29) is 5.92 Å². The minimum atomic E-state index is 0.132. The average molecular weight is 475 g/mol. The van der Waals surface area contributed by atoms with E-state index in [1.54, 1.807) is 0 Å². The lowest BCUT2D eigenvalue weighted by atomic mass is 9.86. The van der Waals surface area contributed by atoms with Crippen LogP contribution in [0.1, 0.15) is 62.3 Å². The van der Waals surface area contributed by atoms with Crippen LogP contribution in [0, 0.1) is 0 Å². The zero-order chi connectivity index (χ0) is 25.2. The number of hydrogen-bond donors (Lipinski definition) is 2. The van der Waals surface area contributed by atoms with Crippen molar-refractivity contribution in [3.63, 3.8) is 0 Å². The van der Waals surface area contributed by atoms with Crippen LogP contribution in [0.25, 0.3) is 0 Å². The highest BCUT2D eigenvalue weighted by Gasteiger charge is 2.21. The van der Waals surface area contributed by atoms with Gasteiger partial charge >= 0.3 is 0 Å². The van der Waals surface area contributed by atoms with Crippen molar-refractivity contribution in [2.24, 2.45) is 5.73 Å². The summed E-state index contributed by atoms with van der Waals surface area (Å²) in [5.74, 6) is 1.36. The highest BCUT2D eigenvalue weighted by molar-refractivity contribution is 5.44. The molecule has 0 fully saturated rings. The molecule has 0 spiro atoms. The van der Waals surface area contributed by atoms with Gasteiger partial charge < -0.3 is 15.6 Å². The van der Waals surface area contributed by atoms with Crippen molar-refractivity contribution in [2.75, 3.05) is 19.7 Å². The lowest BCUT2D eigenvalue weighted by molar-refractivity contribution is 0.170. The Morgan fingerprint density at radius 1 is 0.829 bits per heavy atom. The van der Waals surface area contributed by atoms with Gasteiger partial charge in [0, 0.05) is 30.0 Å². The number of aromatic hydroxyl groups is 1. The monoisotopic (exact) mass is 474 g/mol. The van der Waals surface area contributed by atoms with Crippen LogP contribution >= 0.6 is 0 Å². The van der Waals surface area contributed by atoms with Gasteiger partial charge in [-0.25, -0.2) is 0 Å². The minimum absolute atomic E-state index is 0.132. The standard InChI is InChI=1S/C31H42N2O2/c1-23(2)33(24(3)4)20-17-29(27-8-6-5-7-9-27)30-22-26(12-15-31(30)34)18-21-35-28-13-10-25(11-14-28)16-19-32/h5-15,22-24,29,34H,16-21,32H2,1-4H3. The second-order valence-corrected chi connectivity index (χ2v) is 9.85. The summed E-state index contributed by atoms with van der Waals surface area (Å²) in [4.78, 5) is 2.52. The number of hydrogen-bond acceptors (Lipinski definition) is 4. The Bertz CT molecular complexity index is 1010. The molecule has 4 nitrogen and oxygen atoms in total. The first-order valence-electron chi connectivity index (χ1n) is 12.9. The van der Waals surface area contributed by atoms with E-state index in [1.165, 1.54) is 16.7 Å². The normalized spacial score (nSPS) is 12.5. The SMILES string of the molecule is CC(C)N(CCC(c1ccccc1)c1cc(CCOc2ccc(CCN)cc2)ccc1O)C(C)C. The molecule has 3 aromatic carbocycles. The van der Waals surface area contributed by atoms with E-state index in [1.807, 2.05) is 30.3 Å². The van der Waals surface area contributed by atoms with Crippen LogP contribution in [0.4, 0.5) is 0 Å². The zero-order valence-electron chi connectivity index (χ0n) is 21.8. The molecule has 0 aliphatic rings. The minimum Gasteiger partial charge on any atom is -0.508 e. The number of nitrogens with two attached hydrogens (primary N) is 1. The van der Waals surface area contributed by atoms with E-state index in [0.29, 0.717) is 31.0 Å². The molecule has 35 heavy (non-hydrogen) atoms. The van der Waals surface area contributed by atoms with Crippen molar-refractivity contribution in [3.05, 3.63) is 95.1 Å². The quantitative estimate of drug-likeness (QED) is 0.312. The molecular formula is C31H42N2O2. The van der Waals surface area contributed by atoms with Gasteiger partial charge in [-0.15, -0.1) is 0 Å². The molecule has 0 bridgehead atoms. The van der Waals surface area contributed by atoms with E-state index < -0.39 is 0 Å². The van der Waals surface area contributed by atoms with Crippen molar-refractivity contribution in [1.82, 2.24) is 4.90 Å². The summed E-state index contributed by atoms with van der Waals surface area (Å²) >= 11 is 0. The molecule has 0 amide bonds.